The van der Waals surface area contributed by atoms with E-state index in [-0.39, 0.29) is 11.7 Å². The number of rotatable bonds is 3. The fourth-order valence-corrected chi connectivity index (χ4v) is 1.86. The second kappa shape index (κ2) is 10.7. The molecular weight excluding hydrogens is 330 g/mol. The molecule has 3 aromatic rings. The molecule has 138 valence electrons. The number of carbonyl (C=O) groups is 1. The number of carbonyl (C=O) groups excluding carboxylic acids is 1. The molecule has 0 spiro atoms. The van der Waals surface area contributed by atoms with Crippen molar-refractivity contribution in [3.63, 3.8) is 0 Å². The molecule has 0 aliphatic rings. The quantitative estimate of drug-likeness (QED) is 0.560. The van der Waals surface area contributed by atoms with Crippen LogP contribution in [0.4, 0.5) is 0 Å². The number of hydrogen-bond acceptors (Lipinski definition) is 5. The zero-order chi connectivity index (χ0) is 19.5. The van der Waals surface area contributed by atoms with Gasteiger partial charge >= 0.3 is 5.97 Å². The number of fused-ring (bicyclic) bond motifs is 1. The first-order valence-corrected chi connectivity index (χ1v) is 8.46. The van der Waals surface area contributed by atoms with Crippen molar-refractivity contribution in [1.82, 2.24) is 15.0 Å². The van der Waals surface area contributed by atoms with Gasteiger partial charge < -0.3 is 9.84 Å². The molecule has 0 amide bonds. The highest BCUT2D eigenvalue weighted by molar-refractivity contribution is 5.86. The molecule has 0 atom stereocenters. The lowest BCUT2D eigenvalue weighted by Gasteiger charge is -2.00. The standard InChI is InChI=1S/C12H9N3O.C6H10O2.C2H6/c16-12-8-4-3-7-11(12)15-13-9-5-1-2-6-10(9)14-15;1-4-8-6(7)5(2)3;1-2/h1-8,16H;2,4H2,1,3H3;1-2H3. The van der Waals surface area contributed by atoms with Crippen molar-refractivity contribution in [2.75, 3.05) is 6.61 Å². The predicted octanol–water partition coefficient (Wildman–Crippen LogP) is 4.28. The maximum Gasteiger partial charge on any atom is 0.333 e. The van der Waals surface area contributed by atoms with Gasteiger partial charge in [-0.1, -0.05) is 44.7 Å². The van der Waals surface area contributed by atoms with E-state index >= 15 is 0 Å². The summed E-state index contributed by atoms with van der Waals surface area (Å²) in [4.78, 5) is 11.9. The van der Waals surface area contributed by atoms with Gasteiger partial charge in [0.2, 0.25) is 0 Å². The van der Waals surface area contributed by atoms with Gasteiger partial charge in [0.1, 0.15) is 22.5 Å². The van der Waals surface area contributed by atoms with Crippen molar-refractivity contribution in [2.24, 2.45) is 0 Å². The molecule has 0 aliphatic heterocycles. The molecule has 0 radical (unpaired) electrons. The van der Waals surface area contributed by atoms with Crippen LogP contribution in [0.25, 0.3) is 16.7 Å². The molecule has 0 saturated heterocycles. The van der Waals surface area contributed by atoms with Crippen LogP contribution in [0, 0.1) is 0 Å². The van der Waals surface area contributed by atoms with Crippen molar-refractivity contribution < 1.29 is 14.6 Å². The van der Waals surface area contributed by atoms with Gasteiger partial charge in [0.25, 0.3) is 0 Å². The Balaban J connectivity index is 0.000000290. The smallest absolute Gasteiger partial charge is 0.333 e. The van der Waals surface area contributed by atoms with Crippen LogP contribution in [0.3, 0.4) is 0 Å². The molecule has 26 heavy (non-hydrogen) atoms. The zero-order valence-corrected chi connectivity index (χ0v) is 15.6. The lowest BCUT2D eigenvalue weighted by atomic mass is 10.3. The van der Waals surface area contributed by atoms with Crippen molar-refractivity contribution >= 4 is 17.0 Å². The summed E-state index contributed by atoms with van der Waals surface area (Å²) in [7, 11) is 0. The third-order valence-electron chi connectivity index (χ3n) is 3.01. The van der Waals surface area contributed by atoms with Crippen LogP contribution in [0.2, 0.25) is 0 Å². The van der Waals surface area contributed by atoms with Gasteiger partial charge in [0, 0.05) is 5.57 Å². The maximum absolute atomic E-state index is 10.4. The number of hydrogen-bond donors (Lipinski definition) is 1. The highest BCUT2D eigenvalue weighted by Gasteiger charge is 2.06. The lowest BCUT2D eigenvalue weighted by molar-refractivity contribution is -0.138. The number of benzene rings is 2. The summed E-state index contributed by atoms with van der Waals surface area (Å²) in [6, 6.07) is 14.6. The average Bonchev–Trinajstić information content (AvgIpc) is 3.08. The third-order valence-corrected chi connectivity index (χ3v) is 3.01. The Morgan fingerprint density at radius 2 is 1.58 bits per heavy atom. The summed E-state index contributed by atoms with van der Waals surface area (Å²) in [5.41, 5.74) is 2.65. The van der Waals surface area contributed by atoms with E-state index in [1.54, 1.807) is 32.0 Å². The lowest BCUT2D eigenvalue weighted by Crippen LogP contribution is -2.03. The van der Waals surface area contributed by atoms with Gasteiger partial charge in [0.15, 0.2) is 0 Å². The minimum absolute atomic E-state index is 0.169. The summed E-state index contributed by atoms with van der Waals surface area (Å²) in [6.07, 6.45) is 0. The molecule has 6 nitrogen and oxygen atoms in total. The first-order valence-electron chi connectivity index (χ1n) is 8.46. The Morgan fingerprint density at radius 3 is 2.00 bits per heavy atom. The van der Waals surface area contributed by atoms with Crippen molar-refractivity contribution in [1.29, 1.82) is 0 Å². The van der Waals surface area contributed by atoms with E-state index in [1.165, 1.54) is 4.80 Å². The number of para-hydroxylation sites is 2. The van der Waals surface area contributed by atoms with Crippen LogP contribution in [-0.2, 0) is 9.53 Å². The van der Waals surface area contributed by atoms with Gasteiger partial charge in [0.05, 0.1) is 6.61 Å². The van der Waals surface area contributed by atoms with E-state index in [0.29, 0.717) is 17.9 Å². The van der Waals surface area contributed by atoms with E-state index < -0.39 is 0 Å². The summed E-state index contributed by atoms with van der Waals surface area (Å²) >= 11 is 0. The number of nitrogens with zero attached hydrogens (tertiary/aromatic N) is 3. The van der Waals surface area contributed by atoms with Crippen molar-refractivity contribution in [3.8, 4) is 11.4 Å². The van der Waals surface area contributed by atoms with Gasteiger partial charge in [-0.25, -0.2) is 4.79 Å². The summed E-state index contributed by atoms with van der Waals surface area (Å²) in [5, 5.41) is 18.3. The fourth-order valence-electron chi connectivity index (χ4n) is 1.86. The van der Waals surface area contributed by atoms with E-state index in [1.807, 2.05) is 44.2 Å². The Hall–Kier alpha value is -3.15. The van der Waals surface area contributed by atoms with Gasteiger partial charge in [-0.05, 0) is 38.1 Å². The molecule has 6 heteroatoms. The van der Waals surface area contributed by atoms with Crippen LogP contribution in [0.1, 0.15) is 27.7 Å². The molecule has 1 N–H and O–H groups in total. The van der Waals surface area contributed by atoms with E-state index in [0.717, 1.165) is 11.0 Å². The fraction of sp³-hybridized carbons (Fsp3) is 0.250. The minimum Gasteiger partial charge on any atom is -0.506 e. The Labute approximate surface area is 153 Å². The first kappa shape index (κ1) is 20.9. The number of aromatic nitrogens is 3. The second-order valence-electron chi connectivity index (χ2n) is 4.97. The average molecular weight is 355 g/mol. The first-order chi connectivity index (χ1) is 12.5. The minimum atomic E-state index is -0.312. The number of ether oxygens (including phenoxy) is 1. The Kier molecular flexibility index (Phi) is 8.57. The van der Waals surface area contributed by atoms with Gasteiger partial charge in [-0.2, -0.15) is 0 Å². The number of aromatic hydroxyl groups is 1. The van der Waals surface area contributed by atoms with Gasteiger partial charge in [-0.3, -0.25) is 0 Å². The molecule has 0 fully saturated rings. The van der Waals surface area contributed by atoms with Crippen LogP contribution in [0.5, 0.6) is 5.75 Å². The summed E-state index contributed by atoms with van der Waals surface area (Å²) in [5.74, 6) is -0.143. The molecular formula is C20H25N3O3. The third kappa shape index (κ3) is 5.73. The number of phenols is 1. The number of esters is 1. The van der Waals surface area contributed by atoms with Crippen molar-refractivity contribution in [3.05, 3.63) is 60.7 Å². The molecule has 0 saturated carbocycles. The summed E-state index contributed by atoms with van der Waals surface area (Å²) in [6.45, 7) is 11.2. The highest BCUT2D eigenvalue weighted by atomic mass is 16.5. The monoisotopic (exact) mass is 355 g/mol. The highest BCUT2D eigenvalue weighted by Crippen LogP contribution is 2.20. The largest absolute Gasteiger partial charge is 0.506 e. The van der Waals surface area contributed by atoms with E-state index in [4.69, 9.17) is 0 Å². The molecule has 0 bridgehead atoms. The molecule has 3 rings (SSSR count). The molecule has 2 aromatic carbocycles. The second-order valence-corrected chi connectivity index (χ2v) is 4.97. The summed E-state index contributed by atoms with van der Waals surface area (Å²) < 4.78 is 4.56. The van der Waals surface area contributed by atoms with Gasteiger partial charge in [-0.15, -0.1) is 15.0 Å². The molecule has 1 aromatic heterocycles. The van der Waals surface area contributed by atoms with Crippen LogP contribution in [-0.4, -0.2) is 32.7 Å². The van der Waals surface area contributed by atoms with Crippen LogP contribution >= 0.6 is 0 Å². The Bertz CT molecular complexity index is 823. The molecule has 0 aliphatic carbocycles. The van der Waals surface area contributed by atoms with Crippen LogP contribution in [0.15, 0.2) is 60.7 Å². The van der Waals surface area contributed by atoms with Crippen molar-refractivity contribution in [2.45, 2.75) is 27.7 Å². The SMILES string of the molecule is C=C(C)C(=O)OCC.CC.Oc1ccccc1-n1nc2ccccc2n1. The van der Waals surface area contributed by atoms with E-state index in [9.17, 15) is 9.90 Å². The molecule has 1 heterocycles. The zero-order valence-electron chi connectivity index (χ0n) is 15.6. The van der Waals surface area contributed by atoms with Crippen LogP contribution < -0.4 is 0 Å². The maximum atomic E-state index is 10.4. The number of phenolic OH excluding ortho intramolecular Hbond substituents is 1. The topological polar surface area (TPSA) is 77.2 Å². The van der Waals surface area contributed by atoms with E-state index in [2.05, 4.69) is 21.5 Å². The normalized spacial score (nSPS) is 9.38. The molecule has 0 unspecified atom stereocenters. The Morgan fingerprint density at radius 1 is 1.08 bits per heavy atom. The predicted molar refractivity (Wildman–Crippen MR) is 103 cm³/mol.